The minimum atomic E-state index is -3.66. The lowest BCUT2D eigenvalue weighted by molar-refractivity contribution is 0.574. The molecule has 2 aromatic rings. The van der Waals surface area contributed by atoms with Gasteiger partial charge >= 0.3 is 0 Å². The molecule has 20 heavy (non-hydrogen) atoms. The molecule has 3 N–H and O–H groups in total. The molecule has 0 aromatic heterocycles. The number of hydrogen-bond donors (Lipinski definition) is 2. The van der Waals surface area contributed by atoms with Gasteiger partial charge < -0.3 is 5.73 Å². The fraction of sp³-hybridized carbons (Fsp3) is 0.143. The van der Waals surface area contributed by atoms with Crippen molar-refractivity contribution < 1.29 is 12.8 Å². The van der Waals surface area contributed by atoms with Gasteiger partial charge in [0, 0.05) is 18.7 Å². The third-order valence-electron chi connectivity index (χ3n) is 2.88. The van der Waals surface area contributed by atoms with Crippen LogP contribution in [0.5, 0.6) is 0 Å². The molecule has 0 aliphatic carbocycles. The standard InChI is InChI=1S/C14H15FN2O2S/c15-14-4-2-1-3-12(14)10-17-20(18,19)13-7-5-11(9-16)6-8-13/h1-8,17H,9-10,16H2. The van der Waals surface area contributed by atoms with Crippen molar-refractivity contribution in [3.8, 4) is 0 Å². The SMILES string of the molecule is NCc1ccc(S(=O)(=O)NCc2ccccc2F)cc1. The Bertz CT molecular complexity index is 685. The molecule has 106 valence electrons. The second-order valence-corrected chi connectivity index (χ2v) is 6.03. The van der Waals surface area contributed by atoms with Crippen LogP contribution < -0.4 is 10.5 Å². The number of benzene rings is 2. The van der Waals surface area contributed by atoms with E-state index < -0.39 is 15.8 Å². The fourth-order valence-electron chi connectivity index (χ4n) is 1.70. The first-order chi connectivity index (χ1) is 9.53. The molecule has 0 radical (unpaired) electrons. The van der Waals surface area contributed by atoms with Crippen LogP contribution in [0.25, 0.3) is 0 Å². The summed E-state index contributed by atoms with van der Waals surface area (Å²) in [6.07, 6.45) is 0. The van der Waals surface area contributed by atoms with E-state index in [9.17, 15) is 12.8 Å². The Labute approximate surface area is 117 Å². The molecule has 0 amide bonds. The molecule has 0 atom stereocenters. The Morgan fingerprint density at radius 1 is 1.05 bits per heavy atom. The van der Waals surface area contributed by atoms with Gasteiger partial charge in [-0.3, -0.25) is 0 Å². The van der Waals surface area contributed by atoms with Gasteiger partial charge in [-0.2, -0.15) is 0 Å². The molecule has 0 saturated carbocycles. The van der Waals surface area contributed by atoms with E-state index in [1.54, 1.807) is 24.3 Å². The second-order valence-electron chi connectivity index (χ2n) is 4.26. The third-order valence-corrected chi connectivity index (χ3v) is 4.30. The van der Waals surface area contributed by atoms with E-state index in [0.29, 0.717) is 12.1 Å². The molecule has 0 fully saturated rings. The van der Waals surface area contributed by atoms with Crippen LogP contribution >= 0.6 is 0 Å². The maximum Gasteiger partial charge on any atom is 0.240 e. The van der Waals surface area contributed by atoms with Gasteiger partial charge in [-0.25, -0.2) is 17.5 Å². The topological polar surface area (TPSA) is 72.2 Å². The normalized spacial score (nSPS) is 11.5. The van der Waals surface area contributed by atoms with Crippen LogP contribution in [-0.2, 0) is 23.1 Å². The lowest BCUT2D eigenvalue weighted by atomic mass is 10.2. The predicted molar refractivity (Wildman–Crippen MR) is 74.8 cm³/mol. The smallest absolute Gasteiger partial charge is 0.240 e. The fourth-order valence-corrected chi connectivity index (χ4v) is 2.71. The van der Waals surface area contributed by atoms with Crippen molar-refractivity contribution in [2.24, 2.45) is 5.73 Å². The van der Waals surface area contributed by atoms with Gasteiger partial charge in [0.25, 0.3) is 0 Å². The van der Waals surface area contributed by atoms with Gasteiger partial charge in [0.05, 0.1) is 4.90 Å². The zero-order chi connectivity index (χ0) is 14.6. The zero-order valence-electron chi connectivity index (χ0n) is 10.7. The Hall–Kier alpha value is -1.76. The number of hydrogen-bond acceptors (Lipinski definition) is 3. The van der Waals surface area contributed by atoms with Crippen molar-refractivity contribution in [2.45, 2.75) is 18.0 Å². The summed E-state index contributed by atoms with van der Waals surface area (Å²) in [5, 5.41) is 0. The molecule has 0 bridgehead atoms. The van der Waals surface area contributed by atoms with Gasteiger partial charge in [-0.05, 0) is 23.8 Å². The second kappa shape index (κ2) is 6.13. The van der Waals surface area contributed by atoms with Crippen molar-refractivity contribution in [2.75, 3.05) is 0 Å². The van der Waals surface area contributed by atoms with Crippen LogP contribution in [0.2, 0.25) is 0 Å². The summed E-state index contributed by atoms with van der Waals surface area (Å²) in [4.78, 5) is 0.131. The Morgan fingerprint density at radius 2 is 1.70 bits per heavy atom. The monoisotopic (exact) mass is 294 g/mol. The minimum absolute atomic E-state index is 0.0896. The first kappa shape index (κ1) is 14.6. The van der Waals surface area contributed by atoms with Gasteiger partial charge in [0.1, 0.15) is 5.82 Å². The minimum Gasteiger partial charge on any atom is -0.326 e. The lowest BCUT2D eigenvalue weighted by Gasteiger charge is -2.08. The van der Waals surface area contributed by atoms with E-state index in [4.69, 9.17) is 5.73 Å². The van der Waals surface area contributed by atoms with Crippen LogP contribution in [-0.4, -0.2) is 8.42 Å². The number of sulfonamides is 1. The molecule has 2 aromatic carbocycles. The highest BCUT2D eigenvalue weighted by Crippen LogP contribution is 2.12. The summed E-state index contributed by atoms with van der Waals surface area (Å²) in [5.41, 5.74) is 6.60. The summed E-state index contributed by atoms with van der Waals surface area (Å²) >= 11 is 0. The summed E-state index contributed by atoms with van der Waals surface area (Å²) in [7, 11) is -3.66. The van der Waals surface area contributed by atoms with Gasteiger partial charge in [-0.1, -0.05) is 30.3 Å². The maximum atomic E-state index is 13.4. The van der Waals surface area contributed by atoms with E-state index in [2.05, 4.69) is 4.72 Å². The largest absolute Gasteiger partial charge is 0.326 e. The molecule has 0 saturated heterocycles. The van der Waals surface area contributed by atoms with Crippen LogP contribution in [0.15, 0.2) is 53.4 Å². The first-order valence-electron chi connectivity index (χ1n) is 6.05. The van der Waals surface area contributed by atoms with E-state index >= 15 is 0 Å². The molecular weight excluding hydrogens is 279 g/mol. The van der Waals surface area contributed by atoms with Crippen LogP contribution in [0, 0.1) is 5.82 Å². The van der Waals surface area contributed by atoms with E-state index in [-0.39, 0.29) is 11.4 Å². The quantitative estimate of drug-likeness (QED) is 0.882. The molecule has 0 unspecified atom stereocenters. The van der Waals surface area contributed by atoms with Crippen molar-refractivity contribution in [1.29, 1.82) is 0 Å². The number of nitrogens with one attached hydrogen (secondary N) is 1. The average Bonchev–Trinajstić information content (AvgIpc) is 2.46. The lowest BCUT2D eigenvalue weighted by Crippen LogP contribution is -2.23. The first-order valence-corrected chi connectivity index (χ1v) is 7.53. The average molecular weight is 294 g/mol. The Morgan fingerprint density at radius 3 is 2.30 bits per heavy atom. The highest BCUT2D eigenvalue weighted by molar-refractivity contribution is 7.89. The number of rotatable bonds is 5. The van der Waals surface area contributed by atoms with Crippen LogP contribution in [0.1, 0.15) is 11.1 Å². The Balaban J connectivity index is 2.13. The molecular formula is C14H15FN2O2S. The zero-order valence-corrected chi connectivity index (χ0v) is 11.5. The van der Waals surface area contributed by atoms with Crippen molar-refractivity contribution in [3.05, 3.63) is 65.5 Å². The number of halogens is 1. The van der Waals surface area contributed by atoms with E-state index in [0.717, 1.165) is 5.56 Å². The molecule has 0 aliphatic rings. The van der Waals surface area contributed by atoms with Gasteiger partial charge in [-0.15, -0.1) is 0 Å². The number of nitrogens with two attached hydrogens (primary N) is 1. The van der Waals surface area contributed by atoms with E-state index in [1.807, 2.05) is 0 Å². The molecule has 6 heteroatoms. The highest BCUT2D eigenvalue weighted by Gasteiger charge is 2.14. The van der Waals surface area contributed by atoms with Crippen molar-refractivity contribution in [3.63, 3.8) is 0 Å². The third kappa shape index (κ3) is 3.41. The molecule has 0 spiro atoms. The highest BCUT2D eigenvalue weighted by atomic mass is 32.2. The molecule has 4 nitrogen and oxygen atoms in total. The van der Waals surface area contributed by atoms with Crippen LogP contribution in [0.3, 0.4) is 0 Å². The summed E-state index contributed by atoms with van der Waals surface area (Å²) in [5.74, 6) is -0.436. The van der Waals surface area contributed by atoms with Crippen molar-refractivity contribution >= 4 is 10.0 Å². The van der Waals surface area contributed by atoms with Crippen molar-refractivity contribution in [1.82, 2.24) is 4.72 Å². The summed E-state index contributed by atoms with van der Waals surface area (Å²) < 4.78 is 39.9. The Kier molecular flexibility index (Phi) is 4.49. The summed E-state index contributed by atoms with van der Waals surface area (Å²) in [6, 6.07) is 12.3. The van der Waals surface area contributed by atoms with E-state index in [1.165, 1.54) is 24.3 Å². The molecule has 0 heterocycles. The predicted octanol–water partition coefficient (Wildman–Crippen LogP) is 1.76. The van der Waals surface area contributed by atoms with Gasteiger partial charge in [0.15, 0.2) is 0 Å². The van der Waals surface area contributed by atoms with Gasteiger partial charge in [0.2, 0.25) is 10.0 Å². The summed E-state index contributed by atoms with van der Waals surface area (Å²) in [6.45, 7) is 0.261. The van der Waals surface area contributed by atoms with Crippen LogP contribution in [0.4, 0.5) is 4.39 Å². The molecule has 0 aliphatic heterocycles. The molecule has 2 rings (SSSR count). The maximum absolute atomic E-state index is 13.4.